The van der Waals surface area contributed by atoms with Crippen molar-refractivity contribution in [3.8, 4) is 6.07 Å². The lowest BCUT2D eigenvalue weighted by Crippen LogP contribution is -2.05. The van der Waals surface area contributed by atoms with Crippen molar-refractivity contribution < 1.29 is 4.39 Å². The van der Waals surface area contributed by atoms with Gasteiger partial charge in [-0.15, -0.1) is 0 Å². The van der Waals surface area contributed by atoms with Crippen LogP contribution in [0.25, 0.3) is 0 Å². The van der Waals surface area contributed by atoms with Gasteiger partial charge in [0.25, 0.3) is 0 Å². The average molecular weight is 292 g/mol. The minimum Gasteiger partial charge on any atom is -0.354 e. The second-order valence-electron chi connectivity index (χ2n) is 3.82. The Kier molecular flexibility index (Phi) is 4.33. The molecule has 0 aliphatic heterocycles. The van der Waals surface area contributed by atoms with E-state index >= 15 is 0 Å². The van der Waals surface area contributed by atoms with E-state index in [0.717, 1.165) is 0 Å². The molecule has 2 N–H and O–H groups in total. The van der Waals surface area contributed by atoms with Crippen molar-refractivity contribution in [3.63, 3.8) is 0 Å². The first-order valence-corrected chi connectivity index (χ1v) is 6.25. The van der Waals surface area contributed by atoms with Crippen LogP contribution in [0, 0.1) is 17.1 Å². The molecule has 0 saturated carbocycles. The van der Waals surface area contributed by atoms with Crippen LogP contribution in [0.2, 0.25) is 5.02 Å². The third-order valence-corrected chi connectivity index (χ3v) is 2.73. The normalized spacial score (nSPS) is 9.90. The van der Waals surface area contributed by atoms with Crippen LogP contribution < -0.4 is 10.6 Å². The van der Waals surface area contributed by atoms with E-state index in [2.05, 4.69) is 20.6 Å². The minimum absolute atomic E-state index is 0.0906. The highest BCUT2D eigenvalue weighted by atomic mass is 35.5. The van der Waals surface area contributed by atoms with E-state index in [9.17, 15) is 4.39 Å². The van der Waals surface area contributed by atoms with Crippen LogP contribution >= 0.6 is 11.6 Å². The highest BCUT2D eigenvalue weighted by molar-refractivity contribution is 6.32. The summed E-state index contributed by atoms with van der Waals surface area (Å²) >= 11 is 5.99. The van der Waals surface area contributed by atoms with Crippen LogP contribution in [-0.4, -0.2) is 16.5 Å². The summed E-state index contributed by atoms with van der Waals surface area (Å²) in [5.74, 6) is 0.101. The summed E-state index contributed by atoms with van der Waals surface area (Å²) in [4.78, 5) is 8.16. The highest BCUT2D eigenvalue weighted by Crippen LogP contribution is 2.26. The monoisotopic (exact) mass is 291 g/mol. The molecule has 1 aromatic heterocycles. The Hall–Kier alpha value is -2.39. The summed E-state index contributed by atoms with van der Waals surface area (Å²) in [6.07, 6.45) is 1.43. The number of benzene rings is 1. The lowest BCUT2D eigenvalue weighted by Gasteiger charge is -2.10. The van der Waals surface area contributed by atoms with E-state index in [1.807, 2.05) is 6.92 Å². The van der Waals surface area contributed by atoms with Crippen LogP contribution in [-0.2, 0) is 0 Å². The van der Waals surface area contributed by atoms with Gasteiger partial charge in [0.2, 0.25) is 5.95 Å². The van der Waals surface area contributed by atoms with Crippen LogP contribution in [0.4, 0.5) is 21.8 Å². The predicted octanol–water partition coefficient (Wildman–Crippen LogP) is 3.32. The number of halogens is 2. The molecule has 1 aromatic carbocycles. The zero-order valence-electron chi connectivity index (χ0n) is 10.6. The summed E-state index contributed by atoms with van der Waals surface area (Å²) in [5, 5.41) is 15.0. The van der Waals surface area contributed by atoms with Gasteiger partial charge in [0.15, 0.2) is 5.82 Å². The zero-order chi connectivity index (χ0) is 14.5. The van der Waals surface area contributed by atoms with Gasteiger partial charge in [0.05, 0.1) is 11.9 Å². The lowest BCUT2D eigenvalue weighted by molar-refractivity contribution is 0.624. The van der Waals surface area contributed by atoms with Crippen LogP contribution in [0.1, 0.15) is 12.5 Å². The van der Waals surface area contributed by atoms with Gasteiger partial charge in [0.1, 0.15) is 22.5 Å². The van der Waals surface area contributed by atoms with Crippen LogP contribution in [0.3, 0.4) is 0 Å². The maximum Gasteiger partial charge on any atom is 0.224 e. The molecule has 20 heavy (non-hydrogen) atoms. The molecule has 0 saturated heterocycles. The fraction of sp³-hybridized carbons (Fsp3) is 0.154. The molecule has 2 aromatic rings. The quantitative estimate of drug-likeness (QED) is 0.904. The molecule has 2 rings (SSSR count). The SMILES string of the molecule is CCNc1ncc(Cl)c(Nc2cccc(F)c2C#N)n1. The fourth-order valence-corrected chi connectivity index (χ4v) is 1.71. The molecule has 1 heterocycles. The van der Waals surface area contributed by atoms with Gasteiger partial charge in [-0.2, -0.15) is 10.2 Å². The largest absolute Gasteiger partial charge is 0.354 e. The lowest BCUT2D eigenvalue weighted by atomic mass is 10.2. The van der Waals surface area contributed by atoms with Gasteiger partial charge >= 0.3 is 0 Å². The fourth-order valence-electron chi connectivity index (χ4n) is 1.57. The summed E-state index contributed by atoms with van der Waals surface area (Å²) in [5.41, 5.74) is 0.211. The Morgan fingerprint density at radius 3 is 2.95 bits per heavy atom. The van der Waals surface area contributed by atoms with E-state index in [1.54, 1.807) is 12.1 Å². The predicted molar refractivity (Wildman–Crippen MR) is 75.6 cm³/mol. The molecule has 102 valence electrons. The number of nitrogens with zero attached hydrogens (tertiary/aromatic N) is 3. The standard InChI is InChI=1S/C13H11ClFN5/c1-2-17-13-18-7-9(14)12(20-13)19-11-5-3-4-10(15)8(11)6-16/h3-5,7H,2H2,1H3,(H2,17,18,19,20). The number of hydrogen-bond acceptors (Lipinski definition) is 5. The molecule has 0 amide bonds. The van der Waals surface area contributed by atoms with Gasteiger partial charge in [-0.05, 0) is 19.1 Å². The van der Waals surface area contributed by atoms with Gasteiger partial charge in [0, 0.05) is 6.54 Å². The van der Waals surface area contributed by atoms with Crippen molar-refractivity contribution in [3.05, 3.63) is 40.8 Å². The minimum atomic E-state index is -0.602. The van der Waals surface area contributed by atoms with Crippen molar-refractivity contribution in [2.24, 2.45) is 0 Å². The first kappa shape index (κ1) is 14.0. The van der Waals surface area contributed by atoms with Crippen molar-refractivity contribution in [1.82, 2.24) is 9.97 Å². The molecule has 0 aliphatic rings. The zero-order valence-corrected chi connectivity index (χ0v) is 11.4. The number of anilines is 3. The molecule has 7 heteroatoms. The second-order valence-corrected chi connectivity index (χ2v) is 4.23. The maximum atomic E-state index is 13.5. The molecule has 0 atom stereocenters. The Bertz CT molecular complexity index is 668. The third kappa shape index (κ3) is 2.95. The molecule has 5 nitrogen and oxygen atoms in total. The van der Waals surface area contributed by atoms with Crippen molar-refractivity contribution in [2.45, 2.75) is 6.92 Å². The van der Waals surface area contributed by atoms with E-state index in [0.29, 0.717) is 24.0 Å². The van der Waals surface area contributed by atoms with Gasteiger partial charge < -0.3 is 10.6 Å². The van der Waals surface area contributed by atoms with Gasteiger partial charge in [-0.25, -0.2) is 9.37 Å². The molecule has 0 aliphatic carbocycles. The van der Waals surface area contributed by atoms with Crippen molar-refractivity contribution in [2.75, 3.05) is 17.2 Å². The topological polar surface area (TPSA) is 73.6 Å². The highest BCUT2D eigenvalue weighted by Gasteiger charge is 2.11. The number of aromatic nitrogens is 2. The van der Waals surface area contributed by atoms with Crippen molar-refractivity contribution in [1.29, 1.82) is 5.26 Å². The molecule has 0 fully saturated rings. The maximum absolute atomic E-state index is 13.5. The Labute approximate surface area is 120 Å². The van der Waals surface area contributed by atoms with Gasteiger partial charge in [-0.1, -0.05) is 17.7 Å². The summed E-state index contributed by atoms with van der Waals surface area (Å²) < 4.78 is 13.5. The van der Waals surface area contributed by atoms with Crippen LogP contribution in [0.5, 0.6) is 0 Å². The molecular weight excluding hydrogens is 281 g/mol. The summed E-state index contributed by atoms with van der Waals surface area (Å²) in [6, 6.07) is 6.10. The second kappa shape index (κ2) is 6.17. The van der Waals surface area contributed by atoms with E-state index in [4.69, 9.17) is 16.9 Å². The first-order chi connectivity index (χ1) is 9.65. The van der Waals surface area contributed by atoms with Crippen molar-refractivity contribution >= 4 is 29.1 Å². The Morgan fingerprint density at radius 1 is 1.45 bits per heavy atom. The summed E-state index contributed by atoms with van der Waals surface area (Å²) in [7, 11) is 0. The molecule has 0 radical (unpaired) electrons. The molecular formula is C13H11ClFN5. The average Bonchev–Trinajstić information content (AvgIpc) is 2.43. The number of nitrogens with one attached hydrogen (secondary N) is 2. The molecule has 0 bridgehead atoms. The molecule has 0 spiro atoms. The van der Waals surface area contributed by atoms with E-state index in [-0.39, 0.29) is 10.6 Å². The third-order valence-electron chi connectivity index (χ3n) is 2.46. The summed E-state index contributed by atoms with van der Waals surface area (Å²) in [6.45, 7) is 2.57. The smallest absolute Gasteiger partial charge is 0.224 e. The number of hydrogen-bond donors (Lipinski definition) is 2. The Morgan fingerprint density at radius 2 is 2.25 bits per heavy atom. The number of nitriles is 1. The van der Waals surface area contributed by atoms with E-state index in [1.165, 1.54) is 18.3 Å². The van der Waals surface area contributed by atoms with Gasteiger partial charge in [-0.3, -0.25) is 0 Å². The van der Waals surface area contributed by atoms with Crippen LogP contribution in [0.15, 0.2) is 24.4 Å². The first-order valence-electron chi connectivity index (χ1n) is 5.87. The number of rotatable bonds is 4. The van der Waals surface area contributed by atoms with E-state index < -0.39 is 5.82 Å². The molecule has 0 unspecified atom stereocenters. The Balaban J connectivity index is 2.37.